The first-order valence-corrected chi connectivity index (χ1v) is 17.1. The molecule has 0 saturated heterocycles. The maximum Gasteiger partial charge on any atom is 0.0462 e. The quantitative estimate of drug-likeness (QED) is 0.137. The van der Waals surface area contributed by atoms with Gasteiger partial charge in [0.15, 0.2) is 0 Å². The lowest BCUT2D eigenvalue weighted by molar-refractivity contribution is 1.27. The summed E-state index contributed by atoms with van der Waals surface area (Å²) in [5.41, 5.74) is 13.9. The number of hydrogen-bond acceptors (Lipinski definition) is 2. The van der Waals surface area contributed by atoms with Crippen molar-refractivity contribution in [2.45, 2.75) is 13.8 Å². The molecule has 0 heterocycles. The van der Waals surface area contributed by atoms with Gasteiger partial charge in [-0.2, -0.15) is 0 Å². The topological polar surface area (TPSA) is 6.48 Å². The Bertz CT molecular complexity index is 2020. The zero-order valence-electron chi connectivity index (χ0n) is 28.5. The van der Waals surface area contributed by atoms with Crippen LogP contribution in [0.1, 0.15) is 33.4 Å². The third-order valence-corrected chi connectivity index (χ3v) is 8.82. The number of hydrogen-bond donors (Lipinski definition) is 0. The molecule has 0 saturated carbocycles. The van der Waals surface area contributed by atoms with Gasteiger partial charge >= 0.3 is 0 Å². The van der Waals surface area contributed by atoms with Crippen LogP contribution in [-0.2, 0) is 0 Å². The molecule has 0 fully saturated rings. The highest BCUT2D eigenvalue weighted by atomic mass is 15.1. The Kier molecular flexibility index (Phi) is 9.80. The van der Waals surface area contributed by atoms with Crippen molar-refractivity contribution in [2.75, 3.05) is 9.80 Å². The minimum Gasteiger partial charge on any atom is -0.311 e. The average Bonchev–Trinajstić information content (AvgIpc) is 3.17. The van der Waals surface area contributed by atoms with Crippen LogP contribution in [0.25, 0.3) is 24.3 Å². The summed E-state index contributed by atoms with van der Waals surface area (Å²) in [7, 11) is 0. The number of aryl methyl sites for hydroxylation is 2. The van der Waals surface area contributed by atoms with Crippen LogP contribution >= 0.6 is 0 Å². The summed E-state index contributed by atoms with van der Waals surface area (Å²) >= 11 is 0. The number of anilines is 6. The molecule has 7 aromatic carbocycles. The van der Waals surface area contributed by atoms with E-state index in [2.05, 4.69) is 230 Å². The van der Waals surface area contributed by atoms with Gasteiger partial charge < -0.3 is 9.80 Å². The summed E-state index contributed by atoms with van der Waals surface area (Å²) in [6.45, 7) is 4.24. The van der Waals surface area contributed by atoms with Crippen LogP contribution in [0, 0.1) is 13.8 Å². The van der Waals surface area contributed by atoms with E-state index < -0.39 is 0 Å². The van der Waals surface area contributed by atoms with Crippen molar-refractivity contribution in [3.8, 4) is 0 Å². The molecule has 7 rings (SSSR count). The number of rotatable bonds is 10. The molecule has 50 heavy (non-hydrogen) atoms. The van der Waals surface area contributed by atoms with E-state index in [4.69, 9.17) is 0 Å². The molecule has 0 aliphatic heterocycles. The largest absolute Gasteiger partial charge is 0.311 e. The maximum absolute atomic E-state index is 2.29. The van der Waals surface area contributed by atoms with Gasteiger partial charge in [0.2, 0.25) is 0 Å². The Morgan fingerprint density at radius 1 is 0.280 bits per heavy atom. The van der Waals surface area contributed by atoms with E-state index in [-0.39, 0.29) is 0 Å². The standard InChI is InChI=1S/C48H40N2/c1-37-17-29-45(30-18-37)49(43-13-5-3-6-14-43)47-33-23-39(24-34-47)21-27-41-11-9-10-12-42(41)28-22-40-25-35-48(36-26-40)50(44-15-7-4-8-16-44)46-31-19-38(2)20-32-46/h3-36H,1-2H3. The van der Waals surface area contributed by atoms with Gasteiger partial charge in [-0.15, -0.1) is 0 Å². The number of nitrogens with zero attached hydrogens (tertiary/aromatic N) is 2. The SMILES string of the molecule is Cc1ccc(N(c2ccccc2)c2ccc(C=Cc3ccccc3C=Cc3ccc(N(c4ccccc4)c4ccc(C)cc4)cc3)cc2)cc1. The van der Waals surface area contributed by atoms with E-state index in [0.717, 1.165) is 45.3 Å². The molecule has 0 bridgehead atoms. The van der Waals surface area contributed by atoms with Crippen LogP contribution in [0.5, 0.6) is 0 Å². The molecule has 0 aromatic heterocycles. The first kappa shape index (κ1) is 32.2. The normalized spacial score (nSPS) is 11.2. The highest BCUT2D eigenvalue weighted by Crippen LogP contribution is 2.36. The highest BCUT2D eigenvalue weighted by Gasteiger charge is 2.13. The predicted molar refractivity (Wildman–Crippen MR) is 216 cm³/mol. The molecule has 242 valence electrons. The fourth-order valence-electron chi connectivity index (χ4n) is 6.09. The molecule has 2 heteroatoms. The van der Waals surface area contributed by atoms with Crippen molar-refractivity contribution < 1.29 is 0 Å². The van der Waals surface area contributed by atoms with Gasteiger partial charge in [0.1, 0.15) is 0 Å². The molecular formula is C48H40N2. The monoisotopic (exact) mass is 644 g/mol. The van der Waals surface area contributed by atoms with Crippen molar-refractivity contribution in [1.82, 2.24) is 0 Å². The van der Waals surface area contributed by atoms with E-state index >= 15 is 0 Å². The van der Waals surface area contributed by atoms with Crippen molar-refractivity contribution >= 4 is 58.4 Å². The van der Waals surface area contributed by atoms with E-state index in [1.807, 2.05) is 0 Å². The fraction of sp³-hybridized carbons (Fsp3) is 0.0417. The minimum absolute atomic E-state index is 1.12. The van der Waals surface area contributed by atoms with Crippen molar-refractivity contribution in [2.24, 2.45) is 0 Å². The Hall–Kier alpha value is -6.38. The molecule has 0 N–H and O–H groups in total. The maximum atomic E-state index is 2.29. The van der Waals surface area contributed by atoms with Gasteiger partial charge in [-0.05, 0) is 109 Å². The van der Waals surface area contributed by atoms with Crippen molar-refractivity contribution in [1.29, 1.82) is 0 Å². The first-order chi connectivity index (χ1) is 24.6. The summed E-state index contributed by atoms with van der Waals surface area (Å²) in [6.07, 6.45) is 8.78. The second-order valence-electron chi connectivity index (χ2n) is 12.5. The fourth-order valence-corrected chi connectivity index (χ4v) is 6.09. The van der Waals surface area contributed by atoms with Gasteiger partial charge in [-0.3, -0.25) is 0 Å². The van der Waals surface area contributed by atoms with Crippen LogP contribution in [0.15, 0.2) is 182 Å². The Balaban J connectivity index is 1.09. The number of para-hydroxylation sites is 2. The summed E-state index contributed by atoms with van der Waals surface area (Å²) in [5, 5.41) is 0. The van der Waals surface area contributed by atoms with Crippen molar-refractivity contribution in [3.63, 3.8) is 0 Å². The second kappa shape index (κ2) is 15.2. The van der Waals surface area contributed by atoms with Crippen LogP contribution in [0.3, 0.4) is 0 Å². The third-order valence-electron chi connectivity index (χ3n) is 8.82. The number of benzene rings is 7. The van der Waals surface area contributed by atoms with Crippen LogP contribution < -0.4 is 9.80 Å². The van der Waals surface area contributed by atoms with E-state index in [0.29, 0.717) is 0 Å². The summed E-state index contributed by atoms with van der Waals surface area (Å²) < 4.78 is 0. The van der Waals surface area contributed by atoms with Gasteiger partial charge in [0, 0.05) is 34.1 Å². The lowest BCUT2D eigenvalue weighted by Gasteiger charge is -2.25. The molecule has 7 aromatic rings. The highest BCUT2D eigenvalue weighted by molar-refractivity contribution is 5.82. The molecule has 2 nitrogen and oxygen atoms in total. The van der Waals surface area contributed by atoms with Crippen LogP contribution in [0.2, 0.25) is 0 Å². The minimum atomic E-state index is 1.12. The Morgan fingerprint density at radius 3 is 0.900 bits per heavy atom. The molecule has 0 amide bonds. The van der Waals surface area contributed by atoms with Crippen LogP contribution in [0.4, 0.5) is 34.1 Å². The van der Waals surface area contributed by atoms with E-state index in [1.54, 1.807) is 0 Å². The molecule has 0 spiro atoms. The molecule has 0 radical (unpaired) electrons. The molecule has 0 unspecified atom stereocenters. The lowest BCUT2D eigenvalue weighted by atomic mass is 10.0. The van der Waals surface area contributed by atoms with Gasteiger partial charge in [0.25, 0.3) is 0 Å². The van der Waals surface area contributed by atoms with E-state index in [9.17, 15) is 0 Å². The van der Waals surface area contributed by atoms with Gasteiger partial charge in [-0.25, -0.2) is 0 Å². The van der Waals surface area contributed by atoms with E-state index in [1.165, 1.54) is 22.3 Å². The molecule has 0 aliphatic carbocycles. The summed E-state index contributed by atoms with van der Waals surface area (Å²) in [4.78, 5) is 4.59. The van der Waals surface area contributed by atoms with Gasteiger partial charge in [-0.1, -0.05) is 145 Å². The zero-order chi connectivity index (χ0) is 34.1. The molecular weight excluding hydrogens is 605 g/mol. The predicted octanol–water partition coefficient (Wildman–Crippen LogP) is 13.6. The smallest absolute Gasteiger partial charge is 0.0462 e. The average molecular weight is 645 g/mol. The molecule has 0 atom stereocenters. The lowest BCUT2D eigenvalue weighted by Crippen LogP contribution is -2.09. The summed E-state index contributed by atoms with van der Waals surface area (Å²) in [5.74, 6) is 0. The first-order valence-electron chi connectivity index (χ1n) is 17.1. The summed E-state index contributed by atoms with van der Waals surface area (Å²) in [6, 6.07) is 64.5. The van der Waals surface area contributed by atoms with Crippen molar-refractivity contribution in [3.05, 3.63) is 215 Å². The Labute approximate surface area is 296 Å². The van der Waals surface area contributed by atoms with Crippen LogP contribution in [-0.4, -0.2) is 0 Å². The molecule has 0 aliphatic rings. The second-order valence-corrected chi connectivity index (χ2v) is 12.5. The third kappa shape index (κ3) is 7.67. The Morgan fingerprint density at radius 2 is 0.560 bits per heavy atom. The zero-order valence-corrected chi connectivity index (χ0v) is 28.5. The van der Waals surface area contributed by atoms with Gasteiger partial charge in [0.05, 0.1) is 0 Å².